The number of carbonyl (C=O) groups is 1. The Morgan fingerprint density at radius 3 is 2.50 bits per heavy atom. The van der Waals surface area contributed by atoms with Crippen molar-refractivity contribution in [1.82, 2.24) is 0 Å². The van der Waals surface area contributed by atoms with Gasteiger partial charge in [-0.15, -0.1) is 0 Å². The van der Waals surface area contributed by atoms with Gasteiger partial charge in [-0.1, -0.05) is 11.6 Å². The van der Waals surface area contributed by atoms with Crippen molar-refractivity contribution in [2.45, 2.75) is 13.8 Å². The molecule has 0 unspecified atom stereocenters. The Kier molecular flexibility index (Phi) is 6.00. The first-order valence-electron chi connectivity index (χ1n) is 5.56. The molecule has 1 N–H and O–H groups in total. The summed E-state index contributed by atoms with van der Waals surface area (Å²) in [5.74, 6) is 0.112. The fourth-order valence-electron chi connectivity index (χ4n) is 1.14. The molecule has 1 aromatic rings. The number of anilines is 1. The molecule has 0 fully saturated rings. The van der Waals surface area contributed by atoms with Gasteiger partial charge in [-0.25, -0.2) is 4.79 Å². The van der Waals surface area contributed by atoms with Crippen LogP contribution in [0.1, 0.15) is 13.8 Å². The standard InChI is InChI=1S/C12H15ClN2O3/c1-3-17-10-7-5-9(6-8-10)14-15-11(13)12(16)18-4-2/h5-8,14H,3-4H2,1-2H3/b15-11-. The van der Waals surface area contributed by atoms with Gasteiger partial charge in [0.15, 0.2) is 0 Å². The number of rotatable bonds is 6. The maximum absolute atomic E-state index is 11.2. The average Bonchev–Trinajstić information content (AvgIpc) is 2.38. The van der Waals surface area contributed by atoms with Crippen molar-refractivity contribution in [1.29, 1.82) is 0 Å². The highest BCUT2D eigenvalue weighted by atomic mass is 35.5. The topological polar surface area (TPSA) is 59.9 Å². The molecule has 98 valence electrons. The molecule has 1 aromatic carbocycles. The summed E-state index contributed by atoms with van der Waals surface area (Å²) < 4.78 is 9.97. The van der Waals surface area contributed by atoms with E-state index in [0.29, 0.717) is 12.3 Å². The maximum Gasteiger partial charge on any atom is 0.370 e. The lowest BCUT2D eigenvalue weighted by Gasteiger charge is -2.04. The van der Waals surface area contributed by atoms with E-state index in [1.54, 1.807) is 31.2 Å². The molecule has 0 aliphatic rings. The van der Waals surface area contributed by atoms with Gasteiger partial charge in [0.05, 0.1) is 18.9 Å². The zero-order valence-corrected chi connectivity index (χ0v) is 11.0. The van der Waals surface area contributed by atoms with Gasteiger partial charge >= 0.3 is 5.97 Å². The van der Waals surface area contributed by atoms with E-state index >= 15 is 0 Å². The van der Waals surface area contributed by atoms with Crippen molar-refractivity contribution in [3.8, 4) is 5.75 Å². The van der Waals surface area contributed by atoms with Crippen LogP contribution in [0.15, 0.2) is 29.4 Å². The molecular weight excluding hydrogens is 256 g/mol. The van der Waals surface area contributed by atoms with Gasteiger partial charge in [0.2, 0.25) is 5.17 Å². The smallest absolute Gasteiger partial charge is 0.370 e. The van der Waals surface area contributed by atoms with Gasteiger partial charge < -0.3 is 9.47 Å². The van der Waals surface area contributed by atoms with Crippen molar-refractivity contribution in [3.05, 3.63) is 24.3 Å². The maximum atomic E-state index is 11.2. The SMILES string of the molecule is CCOC(=O)/C(Cl)=N/Nc1ccc(OCC)cc1. The molecule has 0 aromatic heterocycles. The first-order chi connectivity index (χ1) is 8.67. The van der Waals surface area contributed by atoms with Gasteiger partial charge in [-0.05, 0) is 38.1 Å². The van der Waals surface area contributed by atoms with Gasteiger partial charge in [-0.2, -0.15) is 5.10 Å². The van der Waals surface area contributed by atoms with E-state index in [2.05, 4.69) is 15.3 Å². The molecule has 0 bridgehead atoms. The van der Waals surface area contributed by atoms with Gasteiger partial charge in [0, 0.05) is 0 Å². The van der Waals surface area contributed by atoms with Crippen LogP contribution in [0.25, 0.3) is 0 Å². The summed E-state index contributed by atoms with van der Waals surface area (Å²) in [6, 6.07) is 7.12. The molecule has 0 saturated heterocycles. The van der Waals surface area contributed by atoms with Gasteiger partial charge in [0.1, 0.15) is 5.75 Å². The minimum Gasteiger partial charge on any atom is -0.494 e. The lowest BCUT2D eigenvalue weighted by Crippen LogP contribution is -2.13. The molecule has 0 aliphatic heterocycles. The van der Waals surface area contributed by atoms with E-state index in [4.69, 9.17) is 16.3 Å². The number of hydrazone groups is 1. The molecule has 1 rings (SSSR count). The third kappa shape index (κ3) is 4.63. The first kappa shape index (κ1) is 14.3. The normalized spacial score (nSPS) is 10.9. The molecule has 0 heterocycles. The predicted molar refractivity (Wildman–Crippen MR) is 71.2 cm³/mol. The van der Waals surface area contributed by atoms with Crippen LogP contribution in [0.5, 0.6) is 5.75 Å². The van der Waals surface area contributed by atoms with Crippen molar-refractivity contribution in [2.75, 3.05) is 18.6 Å². The zero-order valence-electron chi connectivity index (χ0n) is 10.3. The van der Waals surface area contributed by atoms with Crippen LogP contribution in [0.2, 0.25) is 0 Å². The second-order valence-electron chi connectivity index (χ2n) is 3.19. The number of nitrogens with zero attached hydrogens (tertiary/aromatic N) is 1. The quantitative estimate of drug-likeness (QED) is 0.490. The van der Waals surface area contributed by atoms with Crippen LogP contribution in [0, 0.1) is 0 Å². The van der Waals surface area contributed by atoms with E-state index in [1.807, 2.05) is 6.92 Å². The number of esters is 1. The van der Waals surface area contributed by atoms with Crippen LogP contribution in [-0.2, 0) is 9.53 Å². The lowest BCUT2D eigenvalue weighted by atomic mass is 10.3. The average molecular weight is 271 g/mol. The monoisotopic (exact) mass is 270 g/mol. The summed E-state index contributed by atoms with van der Waals surface area (Å²) in [6.07, 6.45) is 0. The Bertz CT molecular complexity index is 418. The highest BCUT2D eigenvalue weighted by Gasteiger charge is 2.08. The number of carbonyl (C=O) groups excluding carboxylic acids is 1. The second kappa shape index (κ2) is 7.55. The van der Waals surface area contributed by atoms with Crippen LogP contribution < -0.4 is 10.2 Å². The molecule has 0 atom stereocenters. The molecule has 0 spiro atoms. The highest BCUT2D eigenvalue weighted by molar-refractivity contribution is 6.82. The molecule has 0 amide bonds. The summed E-state index contributed by atoms with van der Waals surface area (Å²) in [5, 5.41) is 3.46. The van der Waals surface area contributed by atoms with Crippen LogP contribution in [0.4, 0.5) is 5.69 Å². The molecule has 0 radical (unpaired) electrons. The first-order valence-corrected chi connectivity index (χ1v) is 5.94. The van der Waals surface area contributed by atoms with Crippen LogP contribution in [-0.4, -0.2) is 24.4 Å². The fourth-order valence-corrected chi connectivity index (χ4v) is 1.24. The third-order valence-electron chi connectivity index (χ3n) is 1.89. The van der Waals surface area contributed by atoms with E-state index in [0.717, 1.165) is 5.75 Å². The molecule has 5 nitrogen and oxygen atoms in total. The van der Waals surface area contributed by atoms with Crippen molar-refractivity contribution >= 4 is 28.4 Å². The van der Waals surface area contributed by atoms with Crippen molar-refractivity contribution in [2.24, 2.45) is 5.10 Å². The van der Waals surface area contributed by atoms with E-state index < -0.39 is 5.97 Å². The highest BCUT2D eigenvalue weighted by Crippen LogP contribution is 2.15. The Morgan fingerprint density at radius 2 is 1.94 bits per heavy atom. The van der Waals surface area contributed by atoms with Crippen LogP contribution >= 0.6 is 11.6 Å². The molecule has 0 saturated carbocycles. The summed E-state index contributed by atoms with van der Waals surface area (Å²) in [7, 11) is 0. The molecular formula is C12H15ClN2O3. The minimum atomic E-state index is -0.655. The lowest BCUT2D eigenvalue weighted by molar-refractivity contribution is -0.134. The van der Waals surface area contributed by atoms with Gasteiger partial charge in [0.25, 0.3) is 0 Å². The number of halogens is 1. The predicted octanol–water partition coefficient (Wildman–Crippen LogP) is 2.61. The number of hydrogen-bond acceptors (Lipinski definition) is 5. The van der Waals surface area contributed by atoms with Crippen LogP contribution in [0.3, 0.4) is 0 Å². The summed E-state index contributed by atoms with van der Waals surface area (Å²) >= 11 is 5.63. The van der Waals surface area contributed by atoms with E-state index in [9.17, 15) is 4.79 Å². The Balaban J connectivity index is 2.57. The third-order valence-corrected chi connectivity index (χ3v) is 2.13. The van der Waals surface area contributed by atoms with Crippen molar-refractivity contribution in [3.63, 3.8) is 0 Å². The summed E-state index contributed by atoms with van der Waals surface area (Å²) in [6.45, 7) is 4.48. The van der Waals surface area contributed by atoms with E-state index in [1.165, 1.54) is 0 Å². The molecule has 6 heteroatoms. The number of nitrogens with one attached hydrogen (secondary N) is 1. The Morgan fingerprint density at radius 1 is 1.28 bits per heavy atom. The second-order valence-corrected chi connectivity index (χ2v) is 3.55. The Labute approximate surface area is 111 Å². The van der Waals surface area contributed by atoms with Gasteiger partial charge in [-0.3, -0.25) is 5.43 Å². The molecule has 18 heavy (non-hydrogen) atoms. The van der Waals surface area contributed by atoms with Crippen molar-refractivity contribution < 1.29 is 14.3 Å². The zero-order chi connectivity index (χ0) is 13.4. The van der Waals surface area contributed by atoms with E-state index in [-0.39, 0.29) is 11.8 Å². The largest absolute Gasteiger partial charge is 0.494 e. The minimum absolute atomic E-state index is 0.245. The molecule has 0 aliphatic carbocycles. The number of hydrogen-bond donors (Lipinski definition) is 1. The Hall–Kier alpha value is -1.75. The number of benzene rings is 1. The summed E-state index contributed by atoms with van der Waals surface area (Å²) in [4.78, 5) is 11.2. The fraction of sp³-hybridized carbons (Fsp3) is 0.333. The number of ether oxygens (including phenoxy) is 2. The summed E-state index contributed by atoms with van der Waals surface area (Å²) in [5.41, 5.74) is 3.35.